The molecule has 1 saturated heterocycles. The SMILES string of the molecule is CC(C)C(NC(=O)C(Cc1c[nH]c2ccccc12)NC(=O)C(N)CCCN=C(N)N)C(=O)N1CCCC1C(=O)O. The maximum Gasteiger partial charge on any atom is 0.326 e. The van der Waals surface area contributed by atoms with E-state index in [4.69, 9.17) is 17.2 Å². The largest absolute Gasteiger partial charge is 0.480 e. The van der Waals surface area contributed by atoms with Gasteiger partial charge in [-0.3, -0.25) is 19.4 Å². The molecule has 3 amide bonds. The first-order valence-electron chi connectivity index (χ1n) is 13.5. The number of likely N-dealkylation sites (tertiary alicyclic amines) is 1. The normalized spacial score (nSPS) is 17.3. The smallest absolute Gasteiger partial charge is 0.326 e. The van der Waals surface area contributed by atoms with Crippen molar-refractivity contribution in [2.45, 2.75) is 70.1 Å². The Balaban J connectivity index is 1.79. The zero-order valence-electron chi connectivity index (χ0n) is 22.9. The number of benzene rings is 1. The number of carbonyl (C=O) groups excluding carboxylic acids is 3. The summed E-state index contributed by atoms with van der Waals surface area (Å²) in [6, 6.07) is 3.73. The van der Waals surface area contributed by atoms with Gasteiger partial charge in [-0.15, -0.1) is 0 Å². The molecule has 0 aliphatic carbocycles. The molecule has 1 aliphatic heterocycles. The number of carboxylic acids is 1. The third-order valence-electron chi connectivity index (χ3n) is 7.09. The van der Waals surface area contributed by atoms with Gasteiger partial charge in [-0.2, -0.15) is 0 Å². The molecule has 1 fully saturated rings. The number of aromatic amines is 1. The Morgan fingerprint density at radius 2 is 1.88 bits per heavy atom. The van der Waals surface area contributed by atoms with Gasteiger partial charge >= 0.3 is 5.97 Å². The number of nitrogens with one attached hydrogen (secondary N) is 3. The van der Waals surface area contributed by atoms with Crippen molar-refractivity contribution in [1.29, 1.82) is 0 Å². The van der Waals surface area contributed by atoms with Crippen LogP contribution in [-0.4, -0.2) is 81.9 Å². The third kappa shape index (κ3) is 7.72. The lowest BCUT2D eigenvalue weighted by Crippen LogP contribution is -2.59. The van der Waals surface area contributed by atoms with E-state index in [0.717, 1.165) is 16.5 Å². The lowest BCUT2D eigenvalue weighted by atomic mass is 9.99. The van der Waals surface area contributed by atoms with Crippen molar-refractivity contribution < 1.29 is 24.3 Å². The summed E-state index contributed by atoms with van der Waals surface area (Å²) in [5.41, 5.74) is 18.4. The van der Waals surface area contributed by atoms with Crippen molar-refractivity contribution in [3.05, 3.63) is 36.0 Å². The van der Waals surface area contributed by atoms with Crippen LogP contribution in [0.4, 0.5) is 0 Å². The van der Waals surface area contributed by atoms with Crippen LogP contribution >= 0.6 is 0 Å². The van der Waals surface area contributed by atoms with Gasteiger partial charge in [-0.05, 0) is 43.2 Å². The number of amides is 3. The van der Waals surface area contributed by atoms with Gasteiger partial charge < -0.3 is 42.8 Å². The number of fused-ring (bicyclic) bond motifs is 1. The van der Waals surface area contributed by atoms with Crippen LogP contribution in [0.2, 0.25) is 0 Å². The Kier molecular flexibility index (Phi) is 10.5. The number of aromatic nitrogens is 1. The number of rotatable bonds is 13. The fourth-order valence-electron chi connectivity index (χ4n) is 4.89. The van der Waals surface area contributed by atoms with Crippen LogP contribution in [0, 0.1) is 5.92 Å². The summed E-state index contributed by atoms with van der Waals surface area (Å²) in [7, 11) is 0. The quantitative estimate of drug-likeness (QED) is 0.0991. The number of nitrogens with zero attached hydrogens (tertiary/aromatic N) is 2. The van der Waals surface area contributed by atoms with Gasteiger partial charge in [-0.1, -0.05) is 32.0 Å². The molecule has 10 N–H and O–H groups in total. The lowest BCUT2D eigenvalue weighted by molar-refractivity contribution is -0.150. The third-order valence-corrected chi connectivity index (χ3v) is 7.09. The highest BCUT2D eigenvalue weighted by atomic mass is 16.4. The number of carboxylic acid groups (broad SMARTS) is 1. The van der Waals surface area contributed by atoms with Crippen molar-refractivity contribution in [3.8, 4) is 0 Å². The molecule has 1 aliphatic rings. The zero-order chi connectivity index (χ0) is 29.4. The first-order chi connectivity index (χ1) is 19.0. The van der Waals surface area contributed by atoms with E-state index in [1.54, 1.807) is 20.0 Å². The number of carbonyl (C=O) groups is 4. The summed E-state index contributed by atoms with van der Waals surface area (Å²) < 4.78 is 0. The summed E-state index contributed by atoms with van der Waals surface area (Å²) in [6.07, 6.45) is 3.61. The Labute approximate surface area is 232 Å². The fraction of sp³-hybridized carbons (Fsp3) is 0.519. The molecule has 0 radical (unpaired) electrons. The topological polar surface area (TPSA) is 222 Å². The van der Waals surface area contributed by atoms with Crippen LogP contribution in [0.5, 0.6) is 0 Å². The average molecular weight is 557 g/mol. The number of para-hydroxylation sites is 1. The molecule has 1 aromatic heterocycles. The summed E-state index contributed by atoms with van der Waals surface area (Å²) in [6.45, 7) is 4.16. The molecular weight excluding hydrogens is 516 g/mol. The number of aliphatic imine (C=N–C) groups is 1. The van der Waals surface area contributed by atoms with E-state index in [0.29, 0.717) is 38.8 Å². The second-order valence-corrected chi connectivity index (χ2v) is 10.4. The number of H-pyrrole nitrogens is 1. The van der Waals surface area contributed by atoms with Crippen LogP contribution in [0.25, 0.3) is 10.9 Å². The number of hydrogen-bond donors (Lipinski definition) is 7. The minimum atomic E-state index is -1.07. The number of guanidine groups is 1. The molecule has 0 saturated carbocycles. The van der Waals surface area contributed by atoms with Crippen LogP contribution in [-0.2, 0) is 25.6 Å². The van der Waals surface area contributed by atoms with Gasteiger partial charge in [0.2, 0.25) is 17.7 Å². The Hall–Kier alpha value is -4.13. The van der Waals surface area contributed by atoms with E-state index in [9.17, 15) is 24.3 Å². The van der Waals surface area contributed by atoms with Crippen LogP contribution < -0.4 is 27.8 Å². The molecule has 2 heterocycles. The molecule has 13 nitrogen and oxygen atoms in total. The van der Waals surface area contributed by atoms with Gasteiger partial charge in [0.15, 0.2) is 5.96 Å². The van der Waals surface area contributed by atoms with E-state index < -0.39 is 47.9 Å². The Morgan fingerprint density at radius 1 is 1.15 bits per heavy atom. The second-order valence-electron chi connectivity index (χ2n) is 10.4. The van der Waals surface area contributed by atoms with Crippen molar-refractivity contribution in [2.75, 3.05) is 13.1 Å². The van der Waals surface area contributed by atoms with Crippen molar-refractivity contribution >= 4 is 40.6 Å². The van der Waals surface area contributed by atoms with Gasteiger partial charge in [0, 0.05) is 36.6 Å². The molecule has 0 spiro atoms. The lowest BCUT2D eigenvalue weighted by Gasteiger charge is -2.30. The summed E-state index contributed by atoms with van der Waals surface area (Å²) >= 11 is 0. The number of hydrogen-bond acceptors (Lipinski definition) is 6. The molecule has 0 bridgehead atoms. The molecule has 218 valence electrons. The van der Waals surface area contributed by atoms with Crippen LogP contribution in [0.1, 0.15) is 45.1 Å². The molecule has 13 heteroatoms. The molecule has 40 heavy (non-hydrogen) atoms. The van der Waals surface area contributed by atoms with Crippen molar-refractivity contribution in [1.82, 2.24) is 20.5 Å². The minimum Gasteiger partial charge on any atom is -0.480 e. The van der Waals surface area contributed by atoms with Gasteiger partial charge in [0.1, 0.15) is 18.1 Å². The Bertz CT molecular complexity index is 1240. The van der Waals surface area contributed by atoms with Crippen LogP contribution in [0.15, 0.2) is 35.5 Å². The summed E-state index contributed by atoms with van der Waals surface area (Å²) in [4.78, 5) is 60.1. The van der Waals surface area contributed by atoms with Gasteiger partial charge in [-0.25, -0.2) is 4.79 Å². The molecule has 4 unspecified atom stereocenters. The fourth-order valence-corrected chi connectivity index (χ4v) is 4.89. The van der Waals surface area contributed by atoms with E-state index in [-0.39, 0.29) is 18.3 Å². The summed E-state index contributed by atoms with van der Waals surface area (Å²) in [5.74, 6) is -2.99. The first-order valence-corrected chi connectivity index (χ1v) is 13.5. The minimum absolute atomic E-state index is 0.0497. The molecular formula is C27H40N8O5. The predicted molar refractivity (Wildman–Crippen MR) is 151 cm³/mol. The summed E-state index contributed by atoms with van der Waals surface area (Å²) in [5, 5.41) is 16.0. The second kappa shape index (κ2) is 13.8. The highest BCUT2D eigenvalue weighted by Crippen LogP contribution is 2.22. The van der Waals surface area contributed by atoms with Crippen molar-refractivity contribution in [3.63, 3.8) is 0 Å². The van der Waals surface area contributed by atoms with Gasteiger partial charge in [0.05, 0.1) is 6.04 Å². The number of aliphatic carboxylic acids is 1. The van der Waals surface area contributed by atoms with Crippen molar-refractivity contribution in [2.24, 2.45) is 28.1 Å². The molecule has 2 aromatic rings. The van der Waals surface area contributed by atoms with E-state index in [1.165, 1.54) is 4.90 Å². The highest BCUT2D eigenvalue weighted by molar-refractivity contribution is 5.95. The maximum absolute atomic E-state index is 13.6. The number of nitrogens with two attached hydrogens (primary N) is 3. The standard InChI is InChI=1S/C27H40N8O5/c1-15(2)22(25(38)35-12-6-10-21(35)26(39)40)34-24(37)20(13-16-14-32-19-9-4-3-7-17(16)19)33-23(36)18(28)8-5-11-31-27(29)30/h3-4,7,9,14-15,18,20-22,32H,5-6,8,10-13,28H2,1-2H3,(H,33,36)(H,34,37)(H,39,40)(H4,29,30,31). The monoisotopic (exact) mass is 556 g/mol. The predicted octanol–water partition coefficient (Wildman–Crippen LogP) is -0.207. The van der Waals surface area contributed by atoms with E-state index in [1.807, 2.05) is 24.3 Å². The van der Waals surface area contributed by atoms with Crippen LogP contribution in [0.3, 0.4) is 0 Å². The molecule has 4 atom stereocenters. The zero-order valence-corrected chi connectivity index (χ0v) is 22.9. The maximum atomic E-state index is 13.6. The van der Waals surface area contributed by atoms with Gasteiger partial charge in [0.25, 0.3) is 0 Å². The Morgan fingerprint density at radius 3 is 2.55 bits per heavy atom. The molecule has 1 aromatic carbocycles. The molecule has 3 rings (SSSR count). The van der Waals surface area contributed by atoms with E-state index in [2.05, 4.69) is 20.6 Å². The van der Waals surface area contributed by atoms with E-state index >= 15 is 0 Å². The first kappa shape index (κ1) is 30.4. The highest BCUT2D eigenvalue weighted by Gasteiger charge is 2.39. The average Bonchev–Trinajstić information content (AvgIpc) is 3.56.